The molecule has 0 aliphatic carbocycles. The van der Waals surface area contributed by atoms with Crippen LogP contribution in [0, 0.1) is 11.8 Å². The summed E-state index contributed by atoms with van der Waals surface area (Å²) < 4.78 is 0. The zero-order chi connectivity index (χ0) is 18.9. The minimum absolute atomic E-state index is 0.178. The molecular formula is C17H31N3O4. The molecule has 3 N–H and O–H groups in total. The quantitative estimate of drug-likeness (QED) is 0.511. The number of aldehydes is 1. The molecule has 24 heavy (non-hydrogen) atoms. The fraction of sp³-hybridized carbons (Fsp3) is 0.765. The second-order valence-electron chi connectivity index (χ2n) is 6.99. The van der Waals surface area contributed by atoms with E-state index in [-0.39, 0.29) is 23.7 Å². The summed E-state index contributed by atoms with van der Waals surface area (Å²) >= 11 is 0. The molecule has 3 atom stereocenters. The first-order chi connectivity index (χ1) is 11.1. The molecule has 0 saturated carbocycles. The van der Waals surface area contributed by atoms with E-state index in [2.05, 4.69) is 16.0 Å². The Morgan fingerprint density at radius 2 is 1.38 bits per heavy atom. The van der Waals surface area contributed by atoms with E-state index in [4.69, 9.17) is 0 Å². The molecule has 0 saturated heterocycles. The van der Waals surface area contributed by atoms with Gasteiger partial charge in [0.05, 0.1) is 6.04 Å². The van der Waals surface area contributed by atoms with Crippen molar-refractivity contribution in [2.24, 2.45) is 11.8 Å². The average Bonchev–Trinajstić information content (AvgIpc) is 2.43. The summed E-state index contributed by atoms with van der Waals surface area (Å²) in [7, 11) is 0. The van der Waals surface area contributed by atoms with Crippen LogP contribution in [0.15, 0.2) is 0 Å². The molecule has 7 heteroatoms. The van der Waals surface area contributed by atoms with E-state index >= 15 is 0 Å². The van der Waals surface area contributed by atoms with Gasteiger partial charge in [0.2, 0.25) is 17.7 Å². The fourth-order valence-corrected chi connectivity index (χ4v) is 2.31. The summed E-state index contributed by atoms with van der Waals surface area (Å²) in [5, 5.41) is 7.81. The van der Waals surface area contributed by atoms with E-state index in [9.17, 15) is 19.2 Å². The Kier molecular flexibility index (Phi) is 9.92. The van der Waals surface area contributed by atoms with E-state index < -0.39 is 24.0 Å². The molecule has 0 rings (SSSR count). The standard InChI is InChI=1S/C17H31N3O4/c1-10(2)7-14(9-21)19-17(24)15(8-11(3)4)20-16(23)12(5)18-13(6)22/h9-12,14-15H,7-8H2,1-6H3,(H,18,22)(H,19,24)(H,20,23)/t12-,14+,15+/m0/s1. The van der Waals surface area contributed by atoms with Gasteiger partial charge in [-0.25, -0.2) is 0 Å². The normalized spacial score (nSPS) is 14.7. The monoisotopic (exact) mass is 341 g/mol. The number of nitrogens with one attached hydrogen (secondary N) is 3. The summed E-state index contributed by atoms with van der Waals surface area (Å²) in [6.07, 6.45) is 1.70. The van der Waals surface area contributed by atoms with Gasteiger partial charge in [0, 0.05) is 6.92 Å². The number of amides is 3. The molecule has 0 unspecified atom stereocenters. The first-order valence-corrected chi connectivity index (χ1v) is 8.39. The molecule has 0 aliphatic rings. The van der Waals surface area contributed by atoms with Gasteiger partial charge in [-0.2, -0.15) is 0 Å². The van der Waals surface area contributed by atoms with Crippen molar-refractivity contribution in [3.05, 3.63) is 0 Å². The molecule has 0 aromatic heterocycles. The molecule has 0 spiro atoms. The van der Waals surface area contributed by atoms with Crippen LogP contribution in [0.1, 0.15) is 54.4 Å². The van der Waals surface area contributed by atoms with Gasteiger partial charge in [-0.1, -0.05) is 27.7 Å². The van der Waals surface area contributed by atoms with Crippen LogP contribution >= 0.6 is 0 Å². The van der Waals surface area contributed by atoms with Crippen LogP contribution in [0.3, 0.4) is 0 Å². The highest BCUT2D eigenvalue weighted by molar-refractivity contribution is 5.92. The van der Waals surface area contributed by atoms with Crippen molar-refractivity contribution in [1.29, 1.82) is 0 Å². The average molecular weight is 341 g/mol. The largest absolute Gasteiger partial charge is 0.345 e. The first-order valence-electron chi connectivity index (χ1n) is 8.39. The van der Waals surface area contributed by atoms with Crippen molar-refractivity contribution in [2.75, 3.05) is 0 Å². The first kappa shape index (κ1) is 22.1. The molecule has 0 radical (unpaired) electrons. The second kappa shape index (κ2) is 10.8. The van der Waals surface area contributed by atoms with Crippen molar-refractivity contribution in [3.8, 4) is 0 Å². The number of hydrogen-bond donors (Lipinski definition) is 3. The van der Waals surface area contributed by atoms with Gasteiger partial charge in [-0.05, 0) is 31.6 Å². The summed E-state index contributed by atoms with van der Waals surface area (Å²) in [4.78, 5) is 46.7. The third-order valence-corrected chi connectivity index (χ3v) is 3.37. The lowest BCUT2D eigenvalue weighted by molar-refractivity contribution is -0.132. The molecule has 0 aromatic carbocycles. The molecule has 0 aliphatic heterocycles. The highest BCUT2D eigenvalue weighted by Crippen LogP contribution is 2.08. The van der Waals surface area contributed by atoms with Crippen molar-refractivity contribution >= 4 is 24.0 Å². The molecule has 0 bridgehead atoms. The van der Waals surface area contributed by atoms with E-state index in [1.165, 1.54) is 6.92 Å². The minimum Gasteiger partial charge on any atom is -0.345 e. The summed E-state index contributed by atoms with van der Waals surface area (Å²) in [5.41, 5.74) is 0. The maximum absolute atomic E-state index is 12.4. The third kappa shape index (κ3) is 9.27. The smallest absolute Gasteiger partial charge is 0.243 e. The molecule has 138 valence electrons. The van der Waals surface area contributed by atoms with E-state index in [1.807, 2.05) is 27.7 Å². The predicted octanol–water partition coefficient (Wildman–Crippen LogP) is 0.772. The van der Waals surface area contributed by atoms with E-state index in [1.54, 1.807) is 6.92 Å². The molecule has 3 amide bonds. The topological polar surface area (TPSA) is 104 Å². The van der Waals surface area contributed by atoms with E-state index in [0.29, 0.717) is 19.1 Å². The van der Waals surface area contributed by atoms with Crippen LogP contribution < -0.4 is 16.0 Å². The van der Waals surface area contributed by atoms with Crippen molar-refractivity contribution in [3.63, 3.8) is 0 Å². The maximum Gasteiger partial charge on any atom is 0.243 e. The van der Waals surface area contributed by atoms with Crippen LogP contribution in [0.4, 0.5) is 0 Å². The van der Waals surface area contributed by atoms with Crippen molar-refractivity contribution < 1.29 is 19.2 Å². The Balaban J connectivity index is 4.91. The van der Waals surface area contributed by atoms with Gasteiger partial charge in [0.25, 0.3) is 0 Å². The Bertz CT molecular complexity index is 449. The highest BCUT2D eigenvalue weighted by atomic mass is 16.2. The molecule has 0 aromatic rings. The fourth-order valence-electron chi connectivity index (χ4n) is 2.31. The number of carbonyl (C=O) groups excluding carboxylic acids is 4. The zero-order valence-electron chi connectivity index (χ0n) is 15.5. The van der Waals surface area contributed by atoms with Crippen LogP contribution in [-0.4, -0.2) is 42.1 Å². The van der Waals surface area contributed by atoms with Crippen LogP contribution in [0.2, 0.25) is 0 Å². The zero-order valence-corrected chi connectivity index (χ0v) is 15.5. The second-order valence-corrected chi connectivity index (χ2v) is 6.99. The lowest BCUT2D eigenvalue weighted by atomic mass is 10.0. The lowest BCUT2D eigenvalue weighted by Crippen LogP contribution is -2.54. The van der Waals surface area contributed by atoms with E-state index in [0.717, 1.165) is 0 Å². The van der Waals surface area contributed by atoms with Crippen LogP contribution in [0.5, 0.6) is 0 Å². The lowest BCUT2D eigenvalue weighted by Gasteiger charge is -2.24. The predicted molar refractivity (Wildman–Crippen MR) is 92.1 cm³/mol. The van der Waals surface area contributed by atoms with Gasteiger partial charge in [-0.15, -0.1) is 0 Å². The van der Waals surface area contributed by atoms with Gasteiger partial charge in [0.1, 0.15) is 18.4 Å². The van der Waals surface area contributed by atoms with Gasteiger partial charge in [-0.3, -0.25) is 14.4 Å². The maximum atomic E-state index is 12.4. The van der Waals surface area contributed by atoms with Crippen LogP contribution in [-0.2, 0) is 19.2 Å². The third-order valence-electron chi connectivity index (χ3n) is 3.37. The number of rotatable bonds is 10. The molecule has 0 fully saturated rings. The number of hydrogen-bond acceptors (Lipinski definition) is 4. The summed E-state index contributed by atoms with van der Waals surface area (Å²) in [6.45, 7) is 10.7. The Morgan fingerprint density at radius 1 is 0.833 bits per heavy atom. The Morgan fingerprint density at radius 3 is 1.79 bits per heavy atom. The molecular weight excluding hydrogens is 310 g/mol. The number of carbonyl (C=O) groups is 4. The Labute approximate surface area is 144 Å². The minimum atomic E-state index is -0.747. The highest BCUT2D eigenvalue weighted by Gasteiger charge is 2.26. The van der Waals surface area contributed by atoms with Gasteiger partial charge < -0.3 is 20.7 Å². The van der Waals surface area contributed by atoms with Gasteiger partial charge >= 0.3 is 0 Å². The summed E-state index contributed by atoms with van der Waals surface area (Å²) in [6, 6.07) is -2.05. The molecule has 7 nitrogen and oxygen atoms in total. The SMILES string of the molecule is CC(=O)N[C@@H](C)C(=O)N[C@H](CC(C)C)C(=O)N[C@@H](C=O)CC(C)C. The Hall–Kier alpha value is -1.92. The van der Waals surface area contributed by atoms with Crippen molar-refractivity contribution in [1.82, 2.24) is 16.0 Å². The summed E-state index contributed by atoms with van der Waals surface area (Å²) in [5.74, 6) is -0.696. The van der Waals surface area contributed by atoms with Crippen LogP contribution in [0.25, 0.3) is 0 Å². The molecule has 0 heterocycles. The van der Waals surface area contributed by atoms with Crippen molar-refractivity contribution in [2.45, 2.75) is 72.5 Å². The van der Waals surface area contributed by atoms with Gasteiger partial charge in [0.15, 0.2) is 0 Å².